The number of rotatable bonds is 5. The molecule has 0 saturated heterocycles. The monoisotopic (exact) mass is 361 g/mol. The van der Waals surface area contributed by atoms with Gasteiger partial charge >= 0.3 is 0 Å². The first-order valence-corrected chi connectivity index (χ1v) is 8.07. The second-order valence-corrected chi connectivity index (χ2v) is 6.19. The SMILES string of the molecule is Cc1cc(C)n(CC(=O)Nc2nn(Cc3ccc(F)cc3)cc2Cl)n1. The van der Waals surface area contributed by atoms with Crippen molar-refractivity contribution < 1.29 is 9.18 Å². The van der Waals surface area contributed by atoms with Crippen LogP contribution >= 0.6 is 11.6 Å². The number of halogens is 2. The summed E-state index contributed by atoms with van der Waals surface area (Å²) in [6, 6.07) is 8.02. The fourth-order valence-corrected chi connectivity index (χ4v) is 2.68. The third-order valence-electron chi connectivity index (χ3n) is 3.63. The van der Waals surface area contributed by atoms with Crippen LogP contribution in [0.4, 0.5) is 10.2 Å². The standard InChI is InChI=1S/C17H17ClFN5O/c1-11-7-12(2)24(21-11)10-16(25)20-17-15(18)9-23(22-17)8-13-3-5-14(19)6-4-13/h3-7,9H,8,10H2,1-2H3,(H,20,22,25). The molecule has 6 nitrogen and oxygen atoms in total. The van der Waals surface area contributed by atoms with E-state index >= 15 is 0 Å². The summed E-state index contributed by atoms with van der Waals surface area (Å²) in [5.74, 6) is -0.269. The maximum Gasteiger partial charge on any atom is 0.247 e. The molecule has 1 amide bonds. The van der Waals surface area contributed by atoms with Crippen LogP contribution in [-0.4, -0.2) is 25.5 Å². The molecule has 0 aliphatic rings. The molecule has 8 heteroatoms. The van der Waals surface area contributed by atoms with Crippen molar-refractivity contribution in [3.05, 3.63) is 64.3 Å². The molecule has 3 rings (SSSR count). The second-order valence-electron chi connectivity index (χ2n) is 5.78. The lowest BCUT2D eigenvalue weighted by Crippen LogP contribution is -2.20. The quantitative estimate of drug-likeness (QED) is 0.759. The Labute approximate surface area is 149 Å². The molecular formula is C17H17ClFN5O. The molecule has 1 aromatic carbocycles. The van der Waals surface area contributed by atoms with Gasteiger partial charge in [0.25, 0.3) is 0 Å². The molecule has 3 aromatic rings. The van der Waals surface area contributed by atoms with Crippen LogP contribution in [0.5, 0.6) is 0 Å². The van der Waals surface area contributed by atoms with Crippen LogP contribution in [0.15, 0.2) is 36.5 Å². The van der Waals surface area contributed by atoms with Crippen LogP contribution in [0, 0.1) is 19.7 Å². The van der Waals surface area contributed by atoms with E-state index in [2.05, 4.69) is 15.5 Å². The summed E-state index contributed by atoms with van der Waals surface area (Å²) in [5, 5.41) is 11.5. The summed E-state index contributed by atoms with van der Waals surface area (Å²) in [6.45, 7) is 4.27. The van der Waals surface area contributed by atoms with Gasteiger partial charge in [-0.25, -0.2) is 4.39 Å². The fourth-order valence-electron chi connectivity index (χ4n) is 2.48. The topological polar surface area (TPSA) is 64.7 Å². The second kappa shape index (κ2) is 7.06. The first-order chi connectivity index (χ1) is 11.9. The van der Waals surface area contributed by atoms with Gasteiger partial charge in [0.1, 0.15) is 17.4 Å². The van der Waals surface area contributed by atoms with E-state index in [1.807, 2.05) is 19.9 Å². The number of benzene rings is 1. The van der Waals surface area contributed by atoms with Gasteiger partial charge in [0, 0.05) is 11.9 Å². The van der Waals surface area contributed by atoms with Gasteiger partial charge in [0.15, 0.2) is 5.82 Å². The van der Waals surface area contributed by atoms with Gasteiger partial charge in [-0.15, -0.1) is 0 Å². The summed E-state index contributed by atoms with van der Waals surface area (Å²) < 4.78 is 16.2. The summed E-state index contributed by atoms with van der Waals surface area (Å²) in [6.07, 6.45) is 1.61. The Morgan fingerprint density at radius 1 is 1.24 bits per heavy atom. The Hall–Kier alpha value is -2.67. The predicted octanol–water partition coefficient (Wildman–Crippen LogP) is 3.18. The van der Waals surface area contributed by atoms with E-state index in [9.17, 15) is 9.18 Å². The number of hydrogen-bond acceptors (Lipinski definition) is 3. The molecule has 0 bridgehead atoms. The van der Waals surface area contributed by atoms with E-state index in [1.165, 1.54) is 12.1 Å². The van der Waals surface area contributed by atoms with Crippen LogP contribution in [0.2, 0.25) is 5.02 Å². The van der Waals surface area contributed by atoms with Crippen molar-refractivity contribution in [2.45, 2.75) is 26.9 Å². The highest BCUT2D eigenvalue weighted by atomic mass is 35.5. The third kappa shape index (κ3) is 4.24. The van der Waals surface area contributed by atoms with Crippen molar-refractivity contribution >= 4 is 23.3 Å². The molecule has 25 heavy (non-hydrogen) atoms. The van der Waals surface area contributed by atoms with Crippen LogP contribution in [0.25, 0.3) is 0 Å². The molecule has 0 aliphatic carbocycles. The lowest BCUT2D eigenvalue weighted by Gasteiger charge is -2.05. The fraction of sp³-hybridized carbons (Fsp3) is 0.235. The van der Waals surface area contributed by atoms with Crippen LogP contribution in [-0.2, 0) is 17.9 Å². The number of aryl methyl sites for hydroxylation is 2. The highest BCUT2D eigenvalue weighted by Gasteiger charge is 2.13. The minimum atomic E-state index is -0.292. The number of hydrogen-bond donors (Lipinski definition) is 1. The number of nitrogens with one attached hydrogen (secondary N) is 1. The Bertz CT molecular complexity index is 900. The number of carbonyl (C=O) groups excluding carboxylic acids is 1. The molecule has 0 aliphatic heterocycles. The largest absolute Gasteiger partial charge is 0.306 e. The number of nitrogens with zero attached hydrogens (tertiary/aromatic N) is 4. The molecule has 0 unspecified atom stereocenters. The number of amides is 1. The van der Waals surface area contributed by atoms with E-state index < -0.39 is 0 Å². The van der Waals surface area contributed by atoms with Crippen molar-refractivity contribution in [3.8, 4) is 0 Å². The minimum absolute atomic E-state index is 0.0842. The Morgan fingerprint density at radius 3 is 2.60 bits per heavy atom. The first-order valence-electron chi connectivity index (χ1n) is 7.69. The van der Waals surface area contributed by atoms with Crippen molar-refractivity contribution in [3.63, 3.8) is 0 Å². The van der Waals surface area contributed by atoms with Crippen molar-refractivity contribution in [1.29, 1.82) is 0 Å². The van der Waals surface area contributed by atoms with E-state index in [0.29, 0.717) is 11.6 Å². The first kappa shape index (κ1) is 17.2. The van der Waals surface area contributed by atoms with Crippen molar-refractivity contribution in [2.75, 3.05) is 5.32 Å². The van der Waals surface area contributed by atoms with Gasteiger partial charge in [-0.2, -0.15) is 10.2 Å². The molecular weight excluding hydrogens is 345 g/mol. The average molecular weight is 362 g/mol. The van der Waals surface area contributed by atoms with E-state index in [4.69, 9.17) is 11.6 Å². The lowest BCUT2D eigenvalue weighted by atomic mass is 10.2. The zero-order chi connectivity index (χ0) is 18.0. The van der Waals surface area contributed by atoms with Gasteiger partial charge in [0.05, 0.1) is 12.2 Å². The molecule has 0 atom stereocenters. The molecule has 2 aromatic heterocycles. The van der Waals surface area contributed by atoms with Crippen molar-refractivity contribution in [1.82, 2.24) is 19.6 Å². The van der Waals surface area contributed by atoms with Crippen LogP contribution < -0.4 is 5.32 Å². The number of aromatic nitrogens is 4. The smallest absolute Gasteiger partial charge is 0.247 e. The predicted molar refractivity (Wildman–Crippen MR) is 93.1 cm³/mol. The molecule has 0 saturated carbocycles. The highest BCUT2D eigenvalue weighted by molar-refractivity contribution is 6.33. The van der Waals surface area contributed by atoms with Crippen LogP contribution in [0.1, 0.15) is 17.0 Å². The summed E-state index contributed by atoms with van der Waals surface area (Å²) >= 11 is 6.14. The summed E-state index contributed by atoms with van der Waals surface area (Å²) in [5.41, 5.74) is 2.63. The Morgan fingerprint density at radius 2 is 1.96 bits per heavy atom. The summed E-state index contributed by atoms with van der Waals surface area (Å²) in [7, 11) is 0. The number of anilines is 1. The van der Waals surface area contributed by atoms with Gasteiger partial charge in [0.2, 0.25) is 5.91 Å². The Balaban J connectivity index is 1.66. The normalized spacial score (nSPS) is 10.9. The molecule has 130 valence electrons. The highest BCUT2D eigenvalue weighted by Crippen LogP contribution is 2.20. The molecule has 0 fully saturated rings. The maximum atomic E-state index is 12.9. The summed E-state index contributed by atoms with van der Waals surface area (Å²) in [4.78, 5) is 12.2. The Kier molecular flexibility index (Phi) is 4.85. The third-order valence-corrected chi connectivity index (χ3v) is 3.91. The van der Waals surface area contributed by atoms with Gasteiger partial charge in [-0.3, -0.25) is 14.2 Å². The molecule has 0 radical (unpaired) electrons. The van der Waals surface area contributed by atoms with E-state index in [-0.39, 0.29) is 24.1 Å². The van der Waals surface area contributed by atoms with E-state index in [1.54, 1.807) is 27.7 Å². The molecule has 2 heterocycles. The van der Waals surface area contributed by atoms with E-state index in [0.717, 1.165) is 17.0 Å². The zero-order valence-electron chi connectivity index (χ0n) is 13.8. The molecule has 0 spiro atoms. The average Bonchev–Trinajstić information content (AvgIpc) is 3.03. The van der Waals surface area contributed by atoms with Gasteiger partial charge in [-0.1, -0.05) is 23.7 Å². The zero-order valence-corrected chi connectivity index (χ0v) is 14.6. The van der Waals surface area contributed by atoms with Crippen LogP contribution in [0.3, 0.4) is 0 Å². The minimum Gasteiger partial charge on any atom is -0.306 e. The molecule has 1 N–H and O–H groups in total. The lowest BCUT2D eigenvalue weighted by molar-refractivity contribution is -0.117. The van der Waals surface area contributed by atoms with Gasteiger partial charge < -0.3 is 5.32 Å². The van der Waals surface area contributed by atoms with Crippen molar-refractivity contribution in [2.24, 2.45) is 0 Å². The number of carbonyl (C=O) groups is 1. The maximum absolute atomic E-state index is 12.9. The van der Waals surface area contributed by atoms with Gasteiger partial charge in [-0.05, 0) is 37.6 Å².